The van der Waals surface area contributed by atoms with Gasteiger partial charge in [0.15, 0.2) is 5.69 Å². The summed E-state index contributed by atoms with van der Waals surface area (Å²) in [6.45, 7) is 5.43. The molecule has 1 atom stereocenters. The molecule has 156 valence electrons. The fourth-order valence-corrected chi connectivity index (χ4v) is 2.89. The van der Waals surface area contributed by atoms with Crippen molar-refractivity contribution in [3.63, 3.8) is 0 Å². The number of carbonyl (C=O) groups is 2. The zero-order valence-corrected chi connectivity index (χ0v) is 16.7. The van der Waals surface area contributed by atoms with Gasteiger partial charge in [0.1, 0.15) is 17.9 Å². The van der Waals surface area contributed by atoms with Gasteiger partial charge in [-0.25, -0.2) is 0 Å². The summed E-state index contributed by atoms with van der Waals surface area (Å²) in [5.41, 5.74) is 0.981. The molecule has 0 spiro atoms. The molecule has 0 radical (unpaired) electrons. The lowest BCUT2D eigenvalue weighted by Gasteiger charge is -2.14. The smallest absolute Gasteiger partial charge is 0.309 e. The van der Waals surface area contributed by atoms with Gasteiger partial charge in [-0.3, -0.25) is 29.1 Å². The van der Waals surface area contributed by atoms with Gasteiger partial charge in [-0.1, -0.05) is 18.2 Å². The maximum atomic E-state index is 12.8. The summed E-state index contributed by atoms with van der Waals surface area (Å²) in [6, 6.07) is 8.04. The number of carbonyl (C=O) groups excluding carboxylic acids is 2. The Morgan fingerprint density at radius 3 is 2.53 bits per heavy atom. The molecule has 0 bridgehead atoms. The van der Waals surface area contributed by atoms with Gasteiger partial charge in [-0.15, -0.1) is 0 Å². The second-order valence-corrected chi connectivity index (χ2v) is 6.55. The van der Waals surface area contributed by atoms with Crippen molar-refractivity contribution in [1.29, 1.82) is 0 Å². The summed E-state index contributed by atoms with van der Waals surface area (Å²) < 4.78 is 2.80. The number of aromatic nitrogens is 4. The fraction of sp³-hybridized carbons (Fsp3) is 0.263. The van der Waals surface area contributed by atoms with Gasteiger partial charge >= 0.3 is 5.69 Å². The van der Waals surface area contributed by atoms with Gasteiger partial charge in [0.2, 0.25) is 5.91 Å². The molecule has 11 heteroatoms. The van der Waals surface area contributed by atoms with Gasteiger partial charge in [0.25, 0.3) is 5.91 Å². The first-order valence-electron chi connectivity index (χ1n) is 9.25. The predicted molar refractivity (Wildman–Crippen MR) is 109 cm³/mol. The molecule has 0 aliphatic heterocycles. The standard InChI is InChI=1S/C19H21N7O4/c1-4-24-11-15(17(23-24)19(28)21-14-8-6-5-7-9-14)22-18(27)13(3)25-12(2)16(10-20-25)26(29)30/h5-11,13H,4H2,1-3H3,(H,21,28)(H,22,27). The zero-order valence-electron chi connectivity index (χ0n) is 16.7. The van der Waals surface area contributed by atoms with E-state index in [2.05, 4.69) is 20.8 Å². The lowest BCUT2D eigenvalue weighted by molar-refractivity contribution is -0.385. The van der Waals surface area contributed by atoms with E-state index >= 15 is 0 Å². The van der Waals surface area contributed by atoms with Gasteiger partial charge in [0.05, 0.1) is 10.6 Å². The van der Waals surface area contributed by atoms with Gasteiger partial charge < -0.3 is 10.6 Å². The highest BCUT2D eigenvalue weighted by molar-refractivity contribution is 6.09. The minimum atomic E-state index is -0.839. The van der Waals surface area contributed by atoms with Crippen LogP contribution in [0.15, 0.2) is 42.7 Å². The summed E-state index contributed by atoms with van der Waals surface area (Å²) in [5, 5.41) is 24.6. The van der Waals surface area contributed by atoms with E-state index < -0.39 is 22.8 Å². The third-order valence-corrected chi connectivity index (χ3v) is 4.55. The molecule has 2 heterocycles. The van der Waals surface area contributed by atoms with Crippen molar-refractivity contribution >= 4 is 28.9 Å². The quantitative estimate of drug-likeness (QED) is 0.453. The first-order valence-corrected chi connectivity index (χ1v) is 9.25. The van der Waals surface area contributed by atoms with Crippen LogP contribution in [0.5, 0.6) is 0 Å². The number of rotatable bonds is 7. The molecule has 1 unspecified atom stereocenters. The molecule has 3 rings (SSSR count). The van der Waals surface area contributed by atoms with Crippen LogP contribution < -0.4 is 10.6 Å². The SMILES string of the molecule is CCn1cc(NC(=O)C(C)n2ncc([N+](=O)[O-])c2C)c(C(=O)Nc2ccccc2)n1. The molecular weight excluding hydrogens is 390 g/mol. The Bertz CT molecular complexity index is 1090. The van der Waals surface area contributed by atoms with E-state index in [9.17, 15) is 19.7 Å². The molecule has 0 fully saturated rings. The Kier molecular flexibility index (Phi) is 5.90. The van der Waals surface area contributed by atoms with Gasteiger partial charge in [-0.05, 0) is 32.9 Å². The molecule has 3 aromatic rings. The number of nitro groups is 1. The molecule has 2 N–H and O–H groups in total. The molecule has 1 aromatic carbocycles. The van der Waals surface area contributed by atoms with Crippen molar-refractivity contribution < 1.29 is 14.5 Å². The number of para-hydroxylation sites is 1. The third-order valence-electron chi connectivity index (χ3n) is 4.55. The predicted octanol–water partition coefficient (Wildman–Crippen LogP) is 2.77. The van der Waals surface area contributed by atoms with E-state index in [0.29, 0.717) is 12.2 Å². The summed E-state index contributed by atoms with van der Waals surface area (Å²) in [4.78, 5) is 35.9. The van der Waals surface area contributed by atoms with E-state index in [1.165, 1.54) is 16.3 Å². The van der Waals surface area contributed by atoms with Crippen LogP contribution >= 0.6 is 0 Å². The molecule has 0 aliphatic rings. The lowest BCUT2D eigenvalue weighted by Crippen LogP contribution is -2.26. The first-order chi connectivity index (χ1) is 14.3. The molecule has 0 saturated heterocycles. The maximum absolute atomic E-state index is 12.8. The monoisotopic (exact) mass is 411 g/mol. The summed E-state index contributed by atoms with van der Waals surface area (Å²) in [6.07, 6.45) is 2.66. The largest absolute Gasteiger partial charge is 0.321 e. The lowest BCUT2D eigenvalue weighted by atomic mass is 10.2. The second-order valence-electron chi connectivity index (χ2n) is 6.55. The zero-order chi connectivity index (χ0) is 21.8. The Labute approximate surface area is 171 Å². The van der Waals surface area contributed by atoms with E-state index in [1.807, 2.05) is 13.0 Å². The van der Waals surface area contributed by atoms with Crippen LogP contribution in [0.4, 0.5) is 17.1 Å². The average molecular weight is 411 g/mol. The van der Waals surface area contributed by atoms with Crippen LogP contribution in [0.3, 0.4) is 0 Å². The molecule has 0 aliphatic carbocycles. The minimum absolute atomic E-state index is 0.0596. The number of nitrogens with one attached hydrogen (secondary N) is 2. The van der Waals surface area contributed by atoms with Crippen molar-refractivity contribution in [3.05, 3.63) is 64.2 Å². The first kappa shape index (κ1) is 20.7. The Morgan fingerprint density at radius 1 is 1.23 bits per heavy atom. The van der Waals surface area contributed by atoms with Gasteiger partial charge in [0, 0.05) is 18.4 Å². The van der Waals surface area contributed by atoms with E-state index in [4.69, 9.17) is 0 Å². The topological polar surface area (TPSA) is 137 Å². The molecule has 2 aromatic heterocycles. The number of aryl methyl sites for hydroxylation is 1. The van der Waals surface area contributed by atoms with E-state index in [1.54, 1.807) is 37.4 Å². The average Bonchev–Trinajstić information content (AvgIpc) is 3.31. The number of hydrogen-bond donors (Lipinski definition) is 2. The number of hydrogen-bond acceptors (Lipinski definition) is 6. The molecule has 30 heavy (non-hydrogen) atoms. The van der Waals surface area contributed by atoms with Crippen LogP contribution in [-0.4, -0.2) is 36.3 Å². The molecule has 0 saturated carbocycles. The third kappa shape index (κ3) is 4.19. The van der Waals surface area contributed by atoms with E-state index in [-0.39, 0.29) is 22.8 Å². The Hall–Kier alpha value is -4.02. The van der Waals surface area contributed by atoms with Crippen LogP contribution in [0.2, 0.25) is 0 Å². The highest BCUT2D eigenvalue weighted by Crippen LogP contribution is 2.22. The highest BCUT2D eigenvalue weighted by Gasteiger charge is 2.26. The highest BCUT2D eigenvalue weighted by atomic mass is 16.6. The molecular formula is C19H21N7O4. The molecule has 2 amide bonds. The number of nitrogens with zero attached hydrogens (tertiary/aromatic N) is 5. The van der Waals surface area contributed by atoms with Crippen molar-refractivity contribution in [1.82, 2.24) is 19.6 Å². The number of anilines is 2. The summed E-state index contributed by atoms with van der Waals surface area (Å²) in [7, 11) is 0. The Balaban J connectivity index is 1.82. The van der Waals surface area contributed by atoms with Crippen molar-refractivity contribution in [3.8, 4) is 0 Å². The van der Waals surface area contributed by atoms with Crippen molar-refractivity contribution in [2.75, 3.05) is 10.6 Å². The second kappa shape index (κ2) is 8.55. The Morgan fingerprint density at radius 2 is 1.93 bits per heavy atom. The van der Waals surface area contributed by atoms with Crippen molar-refractivity contribution in [2.45, 2.75) is 33.4 Å². The minimum Gasteiger partial charge on any atom is -0.321 e. The normalized spacial score (nSPS) is 11.7. The number of benzene rings is 1. The van der Waals surface area contributed by atoms with Crippen LogP contribution in [0.1, 0.15) is 36.1 Å². The van der Waals surface area contributed by atoms with Crippen molar-refractivity contribution in [2.24, 2.45) is 0 Å². The summed E-state index contributed by atoms with van der Waals surface area (Å²) >= 11 is 0. The van der Waals surface area contributed by atoms with Gasteiger partial charge in [-0.2, -0.15) is 10.2 Å². The molecule has 11 nitrogen and oxygen atoms in total. The summed E-state index contributed by atoms with van der Waals surface area (Å²) in [5.74, 6) is -0.956. The van der Waals surface area contributed by atoms with Crippen LogP contribution in [0.25, 0.3) is 0 Å². The van der Waals surface area contributed by atoms with E-state index in [0.717, 1.165) is 6.20 Å². The maximum Gasteiger partial charge on any atom is 0.309 e. The fourth-order valence-electron chi connectivity index (χ4n) is 2.89. The van der Waals surface area contributed by atoms with Crippen LogP contribution in [-0.2, 0) is 11.3 Å². The number of amides is 2. The van der Waals surface area contributed by atoms with Crippen LogP contribution in [0, 0.1) is 17.0 Å².